The molecule has 148 valence electrons. The van der Waals surface area contributed by atoms with Gasteiger partial charge < -0.3 is 5.32 Å². The van der Waals surface area contributed by atoms with E-state index in [2.05, 4.69) is 10.3 Å². The number of nitro benzene ring substituents is 1. The fourth-order valence-corrected chi connectivity index (χ4v) is 3.50. The van der Waals surface area contributed by atoms with Gasteiger partial charge in [0, 0.05) is 35.3 Å². The van der Waals surface area contributed by atoms with E-state index in [1.807, 2.05) is 0 Å². The van der Waals surface area contributed by atoms with E-state index in [-0.39, 0.29) is 23.3 Å². The Morgan fingerprint density at radius 3 is 2.41 bits per heavy atom. The summed E-state index contributed by atoms with van der Waals surface area (Å²) in [6, 6.07) is 12.5. The third-order valence-electron chi connectivity index (χ3n) is 3.88. The molecule has 0 unspecified atom stereocenters. The number of amides is 1. The fourth-order valence-electron chi connectivity index (χ4n) is 2.56. The zero-order valence-electron chi connectivity index (χ0n) is 15.2. The summed E-state index contributed by atoms with van der Waals surface area (Å²) in [7, 11) is 0. The van der Waals surface area contributed by atoms with E-state index in [4.69, 9.17) is 11.6 Å². The number of nitrogens with one attached hydrogen (secondary N) is 1. The monoisotopic (exact) mass is 430 g/mol. The number of halogens is 1. The number of anilines is 1. The van der Waals surface area contributed by atoms with Crippen molar-refractivity contribution in [2.24, 2.45) is 0 Å². The van der Waals surface area contributed by atoms with Crippen LogP contribution in [0.1, 0.15) is 11.7 Å². The van der Waals surface area contributed by atoms with Gasteiger partial charge in [-0.25, -0.2) is 4.98 Å². The number of imidazole rings is 1. The first kappa shape index (κ1) is 20.6. The lowest BCUT2D eigenvalue weighted by atomic mass is 10.2. The fraction of sp³-hybridized carbons (Fsp3) is 0.105. The van der Waals surface area contributed by atoms with Crippen molar-refractivity contribution in [2.75, 3.05) is 11.1 Å². The van der Waals surface area contributed by atoms with Crippen molar-refractivity contribution in [3.05, 3.63) is 69.9 Å². The molecule has 8 nitrogen and oxygen atoms in total. The van der Waals surface area contributed by atoms with Crippen LogP contribution in [0, 0.1) is 10.1 Å². The Morgan fingerprint density at radius 1 is 1.17 bits per heavy atom. The molecule has 1 N–H and O–H groups in total. The van der Waals surface area contributed by atoms with Gasteiger partial charge in [0.2, 0.25) is 11.8 Å². The highest BCUT2D eigenvalue weighted by atomic mass is 35.5. The van der Waals surface area contributed by atoms with E-state index in [0.29, 0.717) is 21.6 Å². The molecule has 0 radical (unpaired) electrons. The van der Waals surface area contributed by atoms with Crippen LogP contribution in [-0.4, -0.2) is 32.0 Å². The Hall–Kier alpha value is -3.17. The van der Waals surface area contributed by atoms with Crippen LogP contribution in [0.2, 0.25) is 5.02 Å². The Balaban J connectivity index is 1.70. The maximum atomic E-state index is 12.2. The summed E-state index contributed by atoms with van der Waals surface area (Å²) in [5, 5.41) is 14.3. The molecule has 0 aliphatic heterocycles. The van der Waals surface area contributed by atoms with Gasteiger partial charge in [0.25, 0.3) is 5.69 Å². The minimum Gasteiger partial charge on any atom is -0.325 e. The van der Waals surface area contributed by atoms with Crippen LogP contribution in [0.5, 0.6) is 0 Å². The molecule has 0 aliphatic rings. The van der Waals surface area contributed by atoms with E-state index in [0.717, 1.165) is 17.3 Å². The predicted molar refractivity (Wildman–Crippen MR) is 111 cm³/mol. The molecule has 0 atom stereocenters. The van der Waals surface area contributed by atoms with E-state index >= 15 is 0 Å². The molecule has 0 fully saturated rings. The average Bonchev–Trinajstić information content (AvgIpc) is 3.11. The number of nitrogens with zero attached hydrogens (tertiary/aromatic N) is 3. The molecule has 0 saturated heterocycles. The number of non-ortho nitro benzene ring substituents is 1. The van der Waals surface area contributed by atoms with Crippen LogP contribution in [0.15, 0.2) is 59.9 Å². The number of aromatic nitrogens is 2. The van der Waals surface area contributed by atoms with E-state index in [1.54, 1.807) is 30.5 Å². The first-order valence-electron chi connectivity index (χ1n) is 8.37. The second-order valence-electron chi connectivity index (χ2n) is 5.93. The number of rotatable bonds is 6. The predicted octanol–water partition coefficient (Wildman–Crippen LogP) is 4.50. The van der Waals surface area contributed by atoms with Crippen LogP contribution in [0.4, 0.5) is 11.4 Å². The average molecular weight is 431 g/mol. The zero-order valence-corrected chi connectivity index (χ0v) is 16.7. The molecule has 1 amide bonds. The van der Waals surface area contributed by atoms with E-state index in [1.165, 1.54) is 35.8 Å². The maximum Gasteiger partial charge on any atom is 0.269 e. The molecule has 2 aromatic carbocycles. The highest BCUT2D eigenvalue weighted by Gasteiger charge is 2.17. The highest BCUT2D eigenvalue weighted by Crippen LogP contribution is 2.27. The Morgan fingerprint density at radius 2 is 1.83 bits per heavy atom. The van der Waals surface area contributed by atoms with Gasteiger partial charge in [-0.3, -0.25) is 24.3 Å². The molecule has 0 spiro atoms. The van der Waals surface area contributed by atoms with Crippen molar-refractivity contribution in [2.45, 2.75) is 12.1 Å². The standard InChI is InChI=1S/C19H15ClN4O4S/c1-12(25)23-17(13-2-4-14(20)5-3-13)10-21-19(23)29-11-18(26)22-15-6-8-16(9-7-15)24(27)28/h2-10H,11H2,1H3,(H,22,26). The van der Waals surface area contributed by atoms with Gasteiger partial charge in [-0.2, -0.15) is 0 Å². The lowest BCUT2D eigenvalue weighted by molar-refractivity contribution is -0.384. The third kappa shape index (κ3) is 5.01. The summed E-state index contributed by atoms with van der Waals surface area (Å²) in [6.45, 7) is 1.42. The van der Waals surface area contributed by atoms with E-state index < -0.39 is 4.92 Å². The Bertz CT molecular complexity index is 1060. The number of hydrogen-bond acceptors (Lipinski definition) is 6. The van der Waals surface area contributed by atoms with Crippen LogP contribution in [0.3, 0.4) is 0 Å². The van der Waals surface area contributed by atoms with Gasteiger partial charge in [-0.1, -0.05) is 35.5 Å². The van der Waals surface area contributed by atoms with Crippen molar-refractivity contribution in [3.63, 3.8) is 0 Å². The normalized spacial score (nSPS) is 10.6. The van der Waals surface area contributed by atoms with Gasteiger partial charge in [0.1, 0.15) is 0 Å². The van der Waals surface area contributed by atoms with Crippen LogP contribution in [-0.2, 0) is 4.79 Å². The maximum absolute atomic E-state index is 12.2. The lowest BCUT2D eigenvalue weighted by Crippen LogP contribution is -2.15. The minimum absolute atomic E-state index is 0.0152. The molecular weight excluding hydrogens is 416 g/mol. The topological polar surface area (TPSA) is 107 Å². The summed E-state index contributed by atoms with van der Waals surface area (Å²) in [6.07, 6.45) is 1.57. The summed E-state index contributed by atoms with van der Waals surface area (Å²) in [5.74, 6) is -0.540. The van der Waals surface area contributed by atoms with Crippen molar-refractivity contribution in [1.82, 2.24) is 9.55 Å². The number of carbonyl (C=O) groups is 2. The molecule has 0 bridgehead atoms. The van der Waals surface area contributed by atoms with E-state index in [9.17, 15) is 19.7 Å². The Labute approximate surface area is 175 Å². The summed E-state index contributed by atoms with van der Waals surface area (Å²) >= 11 is 7.02. The van der Waals surface area contributed by atoms with Crippen LogP contribution < -0.4 is 5.32 Å². The Kier molecular flexibility index (Phi) is 6.30. The third-order valence-corrected chi connectivity index (χ3v) is 5.08. The summed E-state index contributed by atoms with van der Waals surface area (Å²) < 4.78 is 1.44. The molecule has 3 rings (SSSR count). The molecule has 0 aliphatic carbocycles. The first-order chi connectivity index (χ1) is 13.8. The van der Waals surface area contributed by atoms with Crippen molar-refractivity contribution >= 4 is 46.6 Å². The van der Waals surface area contributed by atoms with Crippen molar-refractivity contribution in [3.8, 4) is 11.3 Å². The van der Waals surface area contributed by atoms with Gasteiger partial charge in [0.05, 0.1) is 22.6 Å². The number of carbonyl (C=O) groups excluding carboxylic acids is 2. The van der Waals surface area contributed by atoms with Crippen molar-refractivity contribution in [1.29, 1.82) is 0 Å². The van der Waals surface area contributed by atoms with Crippen LogP contribution in [0.25, 0.3) is 11.3 Å². The van der Waals surface area contributed by atoms with Gasteiger partial charge >= 0.3 is 0 Å². The number of benzene rings is 2. The van der Waals surface area contributed by atoms with Gasteiger partial charge in [-0.15, -0.1) is 0 Å². The molecule has 10 heteroatoms. The summed E-state index contributed by atoms with van der Waals surface area (Å²) in [4.78, 5) is 38.8. The molecule has 1 heterocycles. The molecule has 1 aromatic heterocycles. The largest absolute Gasteiger partial charge is 0.325 e. The summed E-state index contributed by atoms with van der Waals surface area (Å²) in [5.41, 5.74) is 1.76. The molecule has 3 aromatic rings. The zero-order chi connectivity index (χ0) is 21.0. The second kappa shape index (κ2) is 8.89. The van der Waals surface area contributed by atoms with Crippen molar-refractivity contribution < 1.29 is 14.5 Å². The number of thioether (sulfide) groups is 1. The SMILES string of the molecule is CC(=O)n1c(-c2ccc(Cl)cc2)cnc1SCC(=O)Nc1ccc([N+](=O)[O-])cc1. The minimum atomic E-state index is -0.513. The smallest absolute Gasteiger partial charge is 0.269 e. The second-order valence-corrected chi connectivity index (χ2v) is 7.31. The number of hydrogen-bond donors (Lipinski definition) is 1. The molecule has 0 saturated carbocycles. The molecule has 29 heavy (non-hydrogen) atoms. The van der Waals surface area contributed by atoms with Gasteiger partial charge in [0.15, 0.2) is 5.16 Å². The molecular formula is C19H15ClN4O4S. The highest BCUT2D eigenvalue weighted by molar-refractivity contribution is 7.99. The van der Waals surface area contributed by atoms with Crippen LogP contribution >= 0.6 is 23.4 Å². The first-order valence-corrected chi connectivity index (χ1v) is 9.73. The quantitative estimate of drug-likeness (QED) is 0.350. The number of nitro groups is 1. The van der Waals surface area contributed by atoms with Gasteiger partial charge in [-0.05, 0) is 24.3 Å². The lowest BCUT2D eigenvalue weighted by Gasteiger charge is -2.08.